The maximum absolute atomic E-state index is 12.1. The molecule has 0 saturated carbocycles. The first-order valence-corrected chi connectivity index (χ1v) is 7.53. The molecular formula is C15H11BrClNO5. The molecule has 8 heteroatoms. The summed E-state index contributed by atoms with van der Waals surface area (Å²) in [5, 5.41) is 10.9. The normalized spacial score (nSPS) is 10.2. The Morgan fingerprint density at radius 1 is 1.30 bits per heavy atom. The number of nitro groups is 1. The molecule has 0 bridgehead atoms. The van der Waals surface area contributed by atoms with Crippen molar-refractivity contribution in [3.8, 4) is 5.75 Å². The summed E-state index contributed by atoms with van der Waals surface area (Å²) in [7, 11) is 1.51. The summed E-state index contributed by atoms with van der Waals surface area (Å²) in [5.41, 5.74) is 0.355. The van der Waals surface area contributed by atoms with Crippen LogP contribution in [0.15, 0.2) is 40.9 Å². The van der Waals surface area contributed by atoms with Gasteiger partial charge in [-0.3, -0.25) is 10.1 Å². The highest BCUT2D eigenvalue weighted by atomic mass is 79.9. The van der Waals surface area contributed by atoms with Gasteiger partial charge in [-0.1, -0.05) is 27.5 Å². The van der Waals surface area contributed by atoms with E-state index in [1.165, 1.54) is 19.2 Å². The van der Waals surface area contributed by atoms with Gasteiger partial charge in [-0.2, -0.15) is 0 Å². The standard InChI is InChI=1S/C15H11BrClNO5/c1-22-14-5-2-10(16)6-9(14)8-23-15(19)12-7-11(18(20)21)3-4-13(12)17/h2-7H,8H2,1H3. The number of halogens is 2. The lowest BCUT2D eigenvalue weighted by Gasteiger charge is -2.10. The van der Waals surface area contributed by atoms with Crippen molar-refractivity contribution in [2.24, 2.45) is 0 Å². The third kappa shape index (κ3) is 4.20. The number of nitrogens with zero attached hydrogens (tertiary/aromatic N) is 1. The van der Waals surface area contributed by atoms with Crippen LogP contribution in [0.25, 0.3) is 0 Å². The van der Waals surface area contributed by atoms with Crippen molar-refractivity contribution in [1.29, 1.82) is 0 Å². The van der Waals surface area contributed by atoms with Crippen LogP contribution in [0.3, 0.4) is 0 Å². The second-order valence-electron chi connectivity index (χ2n) is 4.45. The van der Waals surface area contributed by atoms with Crippen LogP contribution in [0.4, 0.5) is 5.69 Å². The topological polar surface area (TPSA) is 78.7 Å². The number of hydrogen-bond acceptors (Lipinski definition) is 5. The average molecular weight is 401 g/mol. The van der Waals surface area contributed by atoms with E-state index in [-0.39, 0.29) is 22.9 Å². The molecule has 0 aliphatic heterocycles. The fraction of sp³-hybridized carbons (Fsp3) is 0.133. The summed E-state index contributed by atoms with van der Waals surface area (Å²) in [4.78, 5) is 22.3. The van der Waals surface area contributed by atoms with Crippen molar-refractivity contribution in [1.82, 2.24) is 0 Å². The highest BCUT2D eigenvalue weighted by Crippen LogP contribution is 2.26. The van der Waals surface area contributed by atoms with E-state index in [1.807, 2.05) is 0 Å². The van der Waals surface area contributed by atoms with Crippen LogP contribution in [0.5, 0.6) is 5.75 Å². The van der Waals surface area contributed by atoms with Gasteiger partial charge in [0.05, 0.1) is 22.6 Å². The number of ether oxygens (including phenoxy) is 2. The number of carbonyl (C=O) groups excluding carboxylic acids is 1. The fourth-order valence-corrected chi connectivity index (χ4v) is 2.47. The molecule has 0 amide bonds. The second-order valence-corrected chi connectivity index (χ2v) is 5.78. The van der Waals surface area contributed by atoms with Crippen molar-refractivity contribution < 1.29 is 19.2 Å². The molecule has 0 fully saturated rings. The zero-order valence-corrected chi connectivity index (χ0v) is 14.3. The van der Waals surface area contributed by atoms with Gasteiger partial charge in [0.2, 0.25) is 0 Å². The maximum Gasteiger partial charge on any atom is 0.340 e. The predicted octanol–water partition coefficient (Wildman–Crippen LogP) is 4.38. The van der Waals surface area contributed by atoms with Gasteiger partial charge in [-0.05, 0) is 24.3 Å². The van der Waals surface area contributed by atoms with Crippen LogP contribution in [0, 0.1) is 10.1 Å². The Morgan fingerprint density at radius 2 is 2.04 bits per heavy atom. The molecule has 0 aliphatic carbocycles. The molecule has 0 radical (unpaired) electrons. The number of nitro benzene ring substituents is 1. The van der Waals surface area contributed by atoms with Crippen molar-refractivity contribution in [2.45, 2.75) is 6.61 Å². The molecule has 2 rings (SSSR count). The quantitative estimate of drug-likeness (QED) is 0.423. The van der Waals surface area contributed by atoms with Gasteiger partial charge in [0.15, 0.2) is 0 Å². The minimum atomic E-state index is -0.749. The highest BCUT2D eigenvalue weighted by molar-refractivity contribution is 9.10. The Morgan fingerprint density at radius 3 is 2.70 bits per heavy atom. The van der Waals surface area contributed by atoms with E-state index in [4.69, 9.17) is 21.1 Å². The van der Waals surface area contributed by atoms with Crippen molar-refractivity contribution in [2.75, 3.05) is 7.11 Å². The van der Waals surface area contributed by atoms with Gasteiger partial charge < -0.3 is 9.47 Å². The Labute approximate surface area is 145 Å². The summed E-state index contributed by atoms with van der Waals surface area (Å²) < 4.78 is 11.2. The molecule has 23 heavy (non-hydrogen) atoms. The summed E-state index contributed by atoms with van der Waals surface area (Å²) in [6.07, 6.45) is 0. The second kappa shape index (κ2) is 7.43. The van der Waals surface area contributed by atoms with E-state index in [0.717, 1.165) is 10.5 Å². The molecular weight excluding hydrogens is 390 g/mol. The first kappa shape index (κ1) is 17.2. The lowest BCUT2D eigenvalue weighted by molar-refractivity contribution is -0.384. The largest absolute Gasteiger partial charge is 0.496 e. The van der Waals surface area contributed by atoms with Crippen molar-refractivity contribution in [3.63, 3.8) is 0 Å². The predicted molar refractivity (Wildman–Crippen MR) is 87.9 cm³/mol. The molecule has 0 atom stereocenters. The zero-order valence-electron chi connectivity index (χ0n) is 11.9. The van der Waals surface area contributed by atoms with Crippen molar-refractivity contribution >= 4 is 39.2 Å². The van der Waals surface area contributed by atoms with Gasteiger partial charge in [0.25, 0.3) is 5.69 Å². The Hall–Kier alpha value is -2.12. The summed E-state index contributed by atoms with van der Waals surface area (Å²) in [6, 6.07) is 8.87. The van der Waals surface area contributed by atoms with Gasteiger partial charge in [0, 0.05) is 22.2 Å². The van der Waals surface area contributed by atoms with Gasteiger partial charge in [-0.15, -0.1) is 0 Å². The Balaban J connectivity index is 2.19. The average Bonchev–Trinajstić information content (AvgIpc) is 2.53. The molecule has 120 valence electrons. The van der Waals surface area contributed by atoms with E-state index in [9.17, 15) is 14.9 Å². The lowest BCUT2D eigenvalue weighted by Crippen LogP contribution is -2.07. The minimum absolute atomic E-state index is 0.0551. The van der Waals surface area contributed by atoms with E-state index in [2.05, 4.69) is 15.9 Å². The Kier molecular flexibility index (Phi) is 5.57. The third-order valence-electron chi connectivity index (χ3n) is 2.98. The summed E-state index contributed by atoms with van der Waals surface area (Å²) in [5.74, 6) is -0.188. The molecule has 2 aromatic carbocycles. The first-order valence-electron chi connectivity index (χ1n) is 6.36. The molecule has 0 spiro atoms. The number of carbonyl (C=O) groups is 1. The number of benzene rings is 2. The molecule has 0 N–H and O–H groups in total. The van der Waals surface area contributed by atoms with E-state index in [1.54, 1.807) is 18.2 Å². The van der Waals surface area contributed by atoms with Crippen LogP contribution in [0.1, 0.15) is 15.9 Å². The Bertz CT molecular complexity index is 766. The number of methoxy groups -OCH3 is 1. The molecule has 6 nitrogen and oxygen atoms in total. The molecule has 0 unspecified atom stereocenters. The van der Waals surface area contributed by atoms with Crippen LogP contribution >= 0.6 is 27.5 Å². The van der Waals surface area contributed by atoms with Crippen molar-refractivity contribution in [3.05, 3.63) is 67.1 Å². The molecule has 0 aromatic heterocycles. The zero-order chi connectivity index (χ0) is 17.0. The van der Waals surface area contributed by atoms with Crippen LogP contribution < -0.4 is 4.74 Å². The monoisotopic (exact) mass is 399 g/mol. The van der Waals surface area contributed by atoms with Gasteiger partial charge in [-0.25, -0.2) is 4.79 Å². The maximum atomic E-state index is 12.1. The minimum Gasteiger partial charge on any atom is -0.496 e. The van der Waals surface area contributed by atoms with Crippen LogP contribution in [0.2, 0.25) is 5.02 Å². The van der Waals surface area contributed by atoms with Gasteiger partial charge >= 0.3 is 5.97 Å². The van der Waals surface area contributed by atoms with Gasteiger partial charge in [0.1, 0.15) is 12.4 Å². The molecule has 0 heterocycles. The van der Waals surface area contributed by atoms with Crippen LogP contribution in [-0.4, -0.2) is 18.0 Å². The summed E-state index contributed by atoms with van der Waals surface area (Å²) >= 11 is 9.23. The SMILES string of the molecule is COc1ccc(Br)cc1COC(=O)c1cc([N+](=O)[O-])ccc1Cl. The number of hydrogen-bond donors (Lipinski definition) is 0. The lowest BCUT2D eigenvalue weighted by atomic mass is 10.2. The molecule has 0 aliphatic rings. The van der Waals surface area contributed by atoms with E-state index >= 15 is 0 Å². The smallest absolute Gasteiger partial charge is 0.340 e. The van der Waals surface area contributed by atoms with Crippen LogP contribution in [-0.2, 0) is 11.3 Å². The number of non-ortho nitro benzene ring substituents is 1. The number of rotatable bonds is 5. The summed E-state index contributed by atoms with van der Waals surface area (Å²) in [6.45, 7) is -0.0551. The third-order valence-corrected chi connectivity index (χ3v) is 3.80. The van der Waals surface area contributed by atoms with E-state index < -0.39 is 10.9 Å². The van der Waals surface area contributed by atoms with E-state index in [0.29, 0.717) is 11.3 Å². The molecule has 0 saturated heterocycles. The number of esters is 1. The first-order chi connectivity index (χ1) is 10.9. The molecule has 2 aromatic rings. The highest BCUT2D eigenvalue weighted by Gasteiger charge is 2.17. The fourth-order valence-electron chi connectivity index (χ4n) is 1.86.